The molecule has 0 aliphatic heterocycles. The zero-order valence-corrected chi connectivity index (χ0v) is 19.2. The molecule has 0 atom stereocenters. The maximum Gasteiger partial charge on any atom is 0.171 e. The summed E-state index contributed by atoms with van der Waals surface area (Å²) in [6.07, 6.45) is 1.88. The van der Waals surface area contributed by atoms with E-state index in [-0.39, 0.29) is 0 Å². The van der Waals surface area contributed by atoms with Crippen molar-refractivity contribution in [2.75, 3.05) is 5.32 Å². The van der Waals surface area contributed by atoms with Gasteiger partial charge >= 0.3 is 0 Å². The molecule has 3 rings (SSSR count). The largest absolute Gasteiger partial charge is 0.358 e. The van der Waals surface area contributed by atoms with E-state index in [1.54, 1.807) is 6.07 Å². The molecule has 6 nitrogen and oxygen atoms in total. The van der Waals surface area contributed by atoms with Gasteiger partial charge in [0.15, 0.2) is 5.11 Å². The number of thiocarbonyl (C=S) groups is 1. The Labute approximate surface area is 186 Å². The third kappa shape index (κ3) is 4.91. The van der Waals surface area contributed by atoms with Crippen LogP contribution >= 0.6 is 35.4 Å². The number of nitrogens with zero attached hydrogens (tertiary/aromatic N) is 4. The van der Waals surface area contributed by atoms with Crippen LogP contribution in [0.5, 0.6) is 0 Å². The lowest BCUT2D eigenvalue weighted by atomic mass is 10.2. The highest BCUT2D eigenvalue weighted by Crippen LogP contribution is 2.25. The van der Waals surface area contributed by atoms with E-state index in [2.05, 4.69) is 34.7 Å². The van der Waals surface area contributed by atoms with Crippen LogP contribution in [-0.2, 0) is 19.6 Å². The highest BCUT2D eigenvalue weighted by Gasteiger charge is 2.14. The Bertz CT molecular complexity index is 1040. The second kappa shape index (κ2) is 9.15. The van der Waals surface area contributed by atoms with Gasteiger partial charge in [0, 0.05) is 24.3 Å². The number of rotatable bonds is 6. The normalized spacial score (nSPS) is 11.0. The lowest BCUT2D eigenvalue weighted by Crippen LogP contribution is -2.28. The summed E-state index contributed by atoms with van der Waals surface area (Å²) in [5, 5.41) is 17.2. The zero-order valence-electron chi connectivity index (χ0n) is 16.9. The number of anilines is 1. The third-order valence-corrected chi connectivity index (χ3v) is 5.87. The standard InChI is InChI=1S/C20H24Cl2N6S/c1-5-27-13(3)16(10-24-27)9-23-20(29)25-19-12(2)26-28(14(19)4)11-15-6-7-17(21)18(22)8-15/h6-8,10H,5,9,11H2,1-4H3,(H2,23,25,29). The van der Waals surface area contributed by atoms with Crippen LogP contribution < -0.4 is 10.6 Å². The first kappa shape index (κ1) is 21.6. The molecule has 0 bridgehead atoms. The molecule has 0 aliphatic carbocycles. The second-order valence-corrected chi connectivity index (χ2v) is 8.05. The molecule has 0 fully saturated rings. The van der Waals surface area contributed by atoms with Crippen LogP contribution in [0.4, 0.5) is 5.69 Å². The molecule has 2 heterocycles. The number of aryl methyl sites for hydroxylation is 2. The van der Waals surface area contributed by atoms with Crippen molar-refractivity contribution >= 4 is 46.2 Å². The van der Waals surface area contributed by atoms with Crippen molar-refractivity contribution in [3.63, 3.8) is 0 Å². The zero-order chi connectivity index (χ0) is 21.1. The Hall–Kier alpha value is -2.09. The minimum Gasteiger partial charge on any atom is -0.358 e. The average molecular weight is 451 g/mol. The fraction of sp³-hybridized carbons (Fsp3) is 0.350. The van der Waals surface area contributed by atoms with E-state index in [1.807, 2.05) is 41.5 Å². The second-order valence-electron chi connectivity index (χ2n) is 6.83. The maximum absolute atomic E-state index is 6.13. The summed E-state index contributed by atoms with van der Waals surface area (Å²) >= 11 is 17.6. The van der Waals surface area contributed by atoms with Gasteiger partial charge in [-0.25, -0.2) is 0 Å². The predicted octanol–water partition coefficient (Wildman–Crippen LogP) is 4.87. The van der Waals surface area contributed by atoms with Crippen LogP contribution in [0.15, 0.2) is 24.4 Å². The van der Waals surface area contributed by atoms with Gasteiger partial charge < -0.3 is 10.6 Å². The Balaban J connectivity index is 1.66. The number of aromatic nitrogens is 4. The van der Waals surface area contributed by atoms with Gasteiger partial charge in [0.2, 0.25) is 0 Å². The monoisotopic (exact) mass is 450 g/mol. The summed E-state index contributed by atoms with van der Waals surface area (Å²) in [6.45, 7) is 10.2. The molecular formula is C20H24Cl2N6S. The molecule has 9 heteroatoms. The highest BCUT2D eigenvalue weighted by atomic mass is 35.5. The molecule has 0 unspecified atom stereocenters. The van der Waals surface area contributed by atoms with Crippen molar-refractivity contribution in [1.82, 2.24) is 24.9 Å². The van der Waals surface area contributed by atoms with Crippen LogP contribution in [-0.4, -0.2) is 24.7 Å². The fourth-order valence-electron chi connectivity index (χ4n) is 3.15. The number of nitrogens with one attached hydrogen (secondary N) is 2. The molecule has 1 aromatic carbocycles. The summed E-state index contributed by atoms with van der Waals surface area (Å²) in [6, 6.07) is 5.60. The van der Waals surface area contributed by atoms with Crippen LogP contribution in [0, 0.1) is 20.8 Å². The van der Waals surface area contributed by atoms with Crippen molar-refractivity contribution in [2.24, 2.45) is 0 Å². The Morgan fingerprint density at radius 2 is 1.86 bits per heavy atom. The van der Waals surface area contributed by atoms with Gasteiger partial charge in [-0.2, -0.15) is 10.2 Å². The average Bonchev–Trinajstić information content (AvgIpc) is 3.17. The minimum absolute atomic E-state index is 0.538. The van der Waals surface area contributed by atoms with E-state index in [9.17, 15) is 0 Å². The molecular weight excluding hydrogens is 427 g/mol. The summed E-state index contributed by atoms with van der Waals surface area (Å²) in [5.74, 6) is 0. The number of halogens is 2. The summed E-state index contributed by atoms with van der Waals surface area (Å²) < 4.78 is 3.89. The molecule has 0 radical (unpaired) electrons. The van der Waals surface area contributed by atoms with E-state index in [4.69, 9.17) is 35.4 Å². The van der Waals surface area contributed by atoms with Crippen LogP contribution in [0.25, 0.3) is 0 Å². The van der Waals surface area contributed by atoms with E-state index in [0.29, 0.717) is 28.2 Å². The third-order valence-electron chi connectivity index (χ3n) is 4.88. The number of hydrogen-bond acceptors (Lipinski definition) is 3. The molecule has 154 valence electrons. The van der Waals surface area contributed by atoms with E-state index in [1.165, 1.54) is 0 Å². The SMILES string of the molecule is CCn1ncc(CNC(=S)Nc2c(C)nn(Cc3ccc(Cl)c(Cl)c3)c2C)c1C. The van der Waals surface area contributed by atoms with E-state index >= 15 is 0 Å². The van der Waals surface area contributed by atoms with Gasteiger partial charge in [0.25, 0.3) is 0 Å². The minimum atomic E-state index is 0.538. The molecule has 0 saturated carbocycles. The molecule has 3 aromatic rings. The van der Waals surface area contributed by atoms with Gasteiger partial charge in [0.1, 0.15) is 0 Å². The molecule has 0 amide bonds. The lowest BCUT2D eigenvalue weighted by Gasteiger charge is -2.11. The van der Waals surface area contributed by atoms with Crippen molar-refractivity contribution in [1.29, 1.82) is 0 Å². The predicted molar refractivity (Wildman–Crippen MR) is 123 cm³/mol. The van der Waals surface area contributed by atoms with E-state index < -0.39 is 0 Å². The van der Waals surface area contributed by atoms with Crippen molar-refractivity contribution in [2.45, 2.75) is 47.3 Å². The summed E-state index contributed by atoms with van der Waals surface area (Å²) in [4.78, 5) is 0. The first-order valence-electron chi connectivity index (χ1n) is 9.34. The maximum atomic E-state index is 6.13. The Morgan fingerprint density at radius 3 is 2.52 bits per heavy atom. The van der Waals surface area contributed by atoms with Gasteiger partial charge in [0.05, 0.1) is 39.9 Å². The summed E-state index contributed by atoms with van der Waals surface area (Å²) in [7, 11) is 0. The number of benzene rings is 1. The van der Waals surface area contributed by atoms with Crippen molar-refractivity contribution in [3.8, 4) is 0 Å². The first-order chi connectivity index (χ1) is 13.8. The number of hydrogen-bond donors (Lipinski definition) is 2. The molecule has 0 saturated heterocycles. The van der Waals surface area contributed by atoms with Gasteiger partial charge in [-0.1, -0.05) is 29.3 Å². The van der Waals surface area contributed by atoms with Gasteiger partial charge in [-0.3, -0.25) is 9.36 Å². The first-order valence-corrected chi connectivity index (χ1v) is 10.5. The molecule has 0 aliphatic rings. The topological polar surface area (TPSA) is 59.7 Å². The van der Waals surface area contributed by atoms with E-state index in [0.717, 1.165) is 40.4 Å². The molecule has 29 heavy (non-hydrogen) atoms. The summed E-state index contributed by atoms with van der Waals surface area (Å²) in [5.41, 5.74) is 6.07. The van der Waals surface area contributed by atoms with Crippen LogP contribution in [0.2, 0.25) is 10.0 Å². The van der Waals surface area contributed by atoms with Gasteiger partial charge in [-0.05, 0) is 57.6 Å². The smallest absolute Gasteiger partial charge is 0.171 e. The van der Waals surface area contributed by atoms with Crippen LogP contribution in [0.1, 0.15) is 35.1 Å². The Morgan fingerprint density at radius 1 is 1.10 bits per heavy atom. The van der Waals surface area contributed by atoms with Crippen molar-refractivity contribution < 1.29 is 0 Å². The van der Waals surface area contributed by atoms with Crippen LogP contribution in [0.3, 0.4) is 0 Å². The van der Waals surface area contributed by atoms with Crippen molar-refractivity contribution in [3.05, 3.63) is 62.6 Å². The Kier molecular flexibility index (Phi) is 6.82. The lowest BCUT2D eigenvalue weighted by molar-refractivity contribution is 0.638. The molecule has 0 spiro atoms. The molecule has 2 aromatic heterocycles. The highest BCUT2D eigenvalue weighted by molar-refractivity contribution is 7.80. The fourth-order valence-corrected chi connectivity index (χ4v) is 3.65. The van der Waals surface area contributed by atoms with Gasteiger partial charge in [-0.15, -0.1) is 0 Å². The molecule has 2 N–H and O–H groups in total. The quantitative estimate of drug-likeness (QED) is 0.524.